The molecule has 1 aliphatic carbocycles. The Morgan fingerprint density at radius 1 is 0.500 bits per heavy atom. The molecule has 4 aromatic carbocycles. The maximum absolute atomic E-state index is 13.1. The van der Waals surface area contributed by atoms with E-state index in [-0.39, 0.29) is 18.4 Å². The van der Waals surface area contributed by atoms with Gasteiger partial charge < -0.3 is 0 Å². The zero-order chi connectivity index (χ0) is 28.9. The van der Waals surface area contributed by atoms with Gasteiger partial charge in [0.1, 0.15) is 4.90 Å². The normalized spacial score (nSPS) is 15.4. The molecule has 4 aromatic rings. The molecule has 3 N–H and O–H groups in total. The Bertz CT molecular complexity index is 1930. The van der Waals surface area contributed by atoms with E-state index in [1.165, 1.54) is 18.2 Å². The average molecular weight is 601 g/mol. The molecule has 0 aromatic heterocycles. The molecule has 0 saturated carbocycles. The largest absolute Gasteiger partial charge is 0.296 e. The monoisotopic (exact) mass is 600 g/mol. The highest BCUT2D eigenvalue weighted by Gasteiger charge is 2.60. The lowest BCUT2D eigenvalue weighted by Gasteiger charge is -2.30. The molecule has 0 fully saturated rings. The zero-order valence-corrected chi connectivity index (χ0v) is 23.2. The van der Waals surface area contributed by atoms with Gasteiger partial charge in [0, 0.05) is 5.56 Å². The highest BCUT2D eigenvalue weighted by atomic mass is 32.3. The van der Waals surface area contributed by atoms with Crippen molar-refractivity contribution in [2.75, 3.05) is 0 Å². The number of hydrogen-bond donors (Lipinski definition) is 3. The molecule has 0 spiro atoms. The fourth-order valence-electron chi connectivity index (χ4n) is 5.33. The predicted molar refractivity (Wildman–Crippen MR) is 148 cm³/mol. The lowest BCUT2D eigenvalue weighted by atomic mass is 9.93. The number of fused-ring (bicyclic) bond motifs is 8. The molecule has 208 valence electrons. The van der Waals surface area contributed by atoms with Crippen molar-refractivity contribution in [1.82, 2.24) is 0 Å². The smallest absolute Gasteiger partial charge is 0.284 e. The molecule has 0 aliphatic heterocycles. The van der Waals surface area contributed by atoms with Gasteiger partial charge in [-0.1, -0.05) is 84.9 Å². The molecule has 0 saturated heterocycles. The first-order valence-electron chi connectivity index (χ1n) is 12.0. The summed E-state index contributed by atoms with van der Waals surface area (Å²) >= 11 is 0. The van der Waals surface area contributed by atoms with Crippen LogP contribution in [0.2, 0.25) is 0 Å². The van der Waals surface area contributed by atoms with Crippen LogP contribution in [0.25, 0.3) is 0 Å². The Labute approximate surface area is 232 Å². The molecule has 0 heterocycles. The van der Waals surface area contributed by atoms with Crippen LogP contribution in [-0.4, -0.2) is 38.9 Å². The summed E-state index contributed by atoms with van der Waals surface area (Å²) in [5.74, 6) is 0. The fraction of sp³-hybridized carbons (Fsp3) is 0.143. The molecule has 0 amide bonds. The molecule has 5 rings (SSSR count). The molecular formula is C28H24O9S3. The maximum Gasteiger partial charge on any atom is 0.296 e. The van der Waals surface area contributed by atoms with Gasteiger partial charge in [0.25, 0.3) is 34.4 Å². The van der Waals surface area contributed by atoms with Crippen molar-refractivity contribution >= 4 is 30.4 Å². The van der Waals surface area contributed by atoms with E-state index in [2.05, 4.69) is 0 Å². The van der Waals surface area contributed by atoms with E-state index in [9.17, 15) is 38.9 Å². The lowest BCUT2D eigenvalue weighted by Crippen LogP contribution is -2.45. The Morgan fingerprint density at radius 2 is 0.900 bits per heavy atom. The molecule has 1 aliphatic rings. The summed E-state index contributed by atoms with van der Waals surface area (Å²) in [6.07, 6.45) is 0.961. The van der Waals surface area contributed by atoms with Crippen LogP contribution in [0, 0.1) is 0 Å². The van der Waals surface area contributed by atoms with Crippen LogP contribution < -0.4 is 0 Å². The number of hydrogen-bond acceptors (Lipinski definition) is 6. The zero-order valence-electron chi connectivity index (χ0n) is 20.8. The summed E-state index contributed by atoms with van der Waals surface area (Å²) in [4.78, 5) is -1.10. The summed E-state index contributed by atoms with van der Waals surface area (Å²) in [5, 5.41) is 0. The Morgan fingerprint density at radius 3 is 1.32 bits per heavy atom. The van der Waals surface area contributed by atoms with Crippen molar-refractivity contribution in [1.29, 1.82) is 0 Å². The van der Waals surface area contributed by atoms with Gasteiger partial charge in [-0.3, -0.25) is 13.7 Å². The molecule has 40 heavy (non-hydrogen) atoms. The van der Waals surface area contributed by atoms with E-state index in [1.807, 2.05) is 42.5 Å². The second-order valence-electron chi connectivity index (χ2n) is 9.74. The highest BCUT2D eigenvalue weighted by molar-refractivity contribution is 8.05. The van der Waals surface area contributed by atoms with Crippen molar-refractivity contribution < 1.29 is 38.9 Å². The van der Waals surface area contributed by atoms with Crippen molar-refractivity contribution in [2.24, 2.45) is 0 Å². The summed E-state index contributed by atoms with van der Waals surface area (Å²) < 4.78 is 105. The van der Waals surface area contributed by atoms with E-state index in [0.717, 1.165) is 40.5 Å². The van der Waals surface area contributed by atoms with Gasteiger partial charge in [-0.2, -0.15) is 25.3 Å². The maximum atomic E-state index is 13.1. The van der Waals surface area contributed by atoms with Crippen LogP contribution in [-0.2, 0) is 53.7 Å². The third-order valence-electron chi connectivity index (χ3n) is 6.92. The second kappa shape index (κ2) is 9.91. The molecule has 8 bridgehead atoms. The van der Waals surface area contributed by atoms with Crippen LogP contribution in [0.15, 0.2) is 95.9 Å². The summed E-state index contributed by atoms with van der Waals surface area (Å²) in [6.45, 7) is 0. The van der Waals surface area contributed by atoms with Gasteiger partial charge in [-0.15, -0.1) is 0 Å². The Balaban J connectivity index is 1.93. The van der Waals surface area contributed by atoms with Crippen LogP contribution in [0.3, 0.4) is 0 Å². The van der Waals surface area contributed by atoms with E-state index in [0.29, 0.717) is 12.0 Å². The summed E-state index contributed by atoms with van der Waals surface area (Å²) in [6, 6.07) is 23.4. The minimum absolute atomic E-state index is 0.111. The van der Waals surface area contributed by atoms with Crippen molar-refractivity contribution in [3.05, 3.63) is 136 Å². The lowest BCUT2D eigenvalue weighted by molar-refractivity contribution is 0.436. The molecular weight excluding hydrogens is 577 g/mol. The van der Waals surface area contributed by atoms with Gasteiger partial charge in [-0.25, -0.2) is 0 Å². The minimum atomic E-state index is -5.86. The van der Waals surface area contributed by atoms with Gasteiger partial charge in [0.15, 0.2) is 0 Å². The van der Waals surface area contributed by atoms with Gasteiger partial charge in [0.2, 0.25) is 0 Å². The van der Waals surface area contributed by atoms with Crippen LogP contribution in [0.1, 0.15) is 44.5 Å². The molecule has 0 atom stereocenters. The van der Waals surface area contributed by atoms with Crippen molar-refractivity contribution in [3.63, 3.8) is 0 Å². The molecule has 0 radical (unpaired) electrons. The fourth-order valence-corrected chi connectivity index (χ4v) is 8.99. The van der Waals surface area contributed by atoms with Crippen molar-refractivity contribution in [3.8, 4) is 0 Å². The molecule has 0 unspecified atom stereocenters. The third-order valence-corrected chi connectivity index (χ3v) is 11.5. The highest BCUT2D eigenvalue weighted by Crippen LogP contribution is 2.45. The molecule has 9 nitrogen and oxygen atoms in total. The third kappa shape index (κ3) is 5.09. The van der Waals surface area contributed by atoms with Crippen LogP contribution in [0.4, 0.5) is 0 Å². The van der Waals surface area contributed by atoms with Crippen LogP contribution in [0.5, 0.6) is 0 Å². The van der Waals surface area contributed by atoms with E-state index in [1.54, 1.807) is 12.1 Å². The first kappa shape index (κ1) is 28.1. The van der Waals surface area contributed by atoms with Gasteiger partial charge in [0.05, 0.1) is 0 Å². The Kier molecular flexibility index (Phi) is 6.97. The van der Waals surface area contributed by atoms with E-state index < -0.39 is 50.5 Å². The van der Waals surface area contributed by atoms with Gasteiger partial charge in [-0.05, 0) is 64.3 Å². The second-order valence-corrected chi connectivity index (χ2v) is 14.5. The van der Waals surface area contributed by atoms with E-state index >= 15 is 0 Å². The van der Waals surface area contributed by atoms with E-state index in [4.69, 9.17) is 0 Å². The first-order chi connectivity index (χ1) is 18.7. The summed E-state index contributed by atoms with van der Waals surface area (Å²) in [7, 11) is -17.0. The standard InChI is InChI=1S/C28H24O9S3/c29-38(30,31)27-11-10-24-16-22-7-2-5-20(14-22)12-19-4-1-6-21(13-19)15-23-8-3-9-25(17-23)28(26(27)18-24,39(32,33)34)40(35,36)37/h1-11,13-14,17-18H,12,15-16H2,(H,29,30,31)(H,32,33,34)(H,35,36,37). The average Bonchev–Trinajstić information content (AvgIpc) is 2.82. The van der Waals surface area contributed by atoms with Gasteiger partial charge >= 0.3 is 0 Å². The predicted octanol–water partition coefficient (Wildman–Crippen LogP) is 4.00. The SMILES string of the molecule is O=S(=O)(O)c1ccc2cc1C(S(=O)(=O)O)(S(=O)(=O)O)c1cccc(c1)Cc1cccc(c1)Cc1cccc(c1)C2. The van der Waals surface area contributed by atoms with Crippen molar-refractivity contribution in [2.45, 2.75) is 28.2 Å². The first-order valence-corrected chi connectivity index (χ1v) is 16.3. The quantitative estimate of drug-likeness (QED) is 0.295. The topological polar surface area (TPSA) is 163 Å². The minimum Gasteiger partial charge on any atom is -0.284 e. The molecule has 12 heteroatoms. The number of rotatable bonds is 3. The summed E-state index contributed by atoms with van der Waals surface area (Å²) in [5.41, 5.74) is 2.60. The Hall–Kier alpha value is -3.39. The van der Waals surface area contributed by atoms with Crippen LogP contribution >= 0.6 is 0 Å². The number of benzene rings is 4.